The number of hydrogen-bond donors (Lipinski definition) is 1. The van der Waals surface area contributed by atoms with Crippen LogP contribution in [0.3, 0.4) is 0 Å². The molecule has 3 aliphatic rings. The number of piperidine rings is 1. The van der Waals surface area contributed by atoms with Crippen molar-refractivity contribution in [2.75, 3.05) is 19.6 Å². The maximum atomic E-state index is 13.8. The van der Waals surface area contributed by atoms with Crippen molar-refractivity contribution in [1.82, 2.24) is 19.7 Å². The molecule has 0 spiro atoms. The summed E-state index contributed by atoms with van der Waals surface area (Å²) in [7, 11) is 0. The van der Waals surface area contributed by atoms with Crippen LogP contribution in [0.2, 0.25) is 0 Å². The first-order valence-electron chi connectivity index (χ1n) is 13.8. The van der Waals surface area contributed by atoms with E-state index in [1.54, 1.807) is 6.26 Å². The molecule has 1 saturated carbocycles. The third-order valence-electron chi connectivity index (χ3n) is 8.94. The molecule has 4 heterocycles. The zero-order chi connectivity index (χ0) is 24.6. The number of carbonyl (C=O) groups is 2. The van der Waals surface area contributed by atoms with Gasteiger partial charge in [-0.1, -0.05) is 20.3 Å². The minimum Gasteiger partial charge on any atom is -0.463 e. The number of aromatic nitrogens is 1. The molecule has 2 unspecified atom stereocenters. The van der Waals surface area contributed by atoms with E-state index in [4.69, 9.17) is 4.42 Å². The lowest BCUT2D eigenvalue weighted by molar-refractivity contribution is -0.133. The van der Waals surface area contributed by atoms with Gasteiger partial charge in [-0.2, -0.15) is 0 Å². The van der Waals surface area contributed by atoms with Crippen LogP contribution in [-0.4, -0.2) is 63.4 Å². The molecule has 2 aliphatic heterocycles. The van der Waals surface area contributed by atoms with Gasteiger partial charge in [-0.25, -0.2) is 0 Å². The third-order valence-corrected chi connectivity index (χ3v) is 8.94. The Morgan fingerprint density at radius 3 is 2.74 bits per heavy atom. The Morgan fingerprint density at radius 1 is 1.17 bits per heavy atom. The summed E-state index contributed by atoms with van der Waals surface area (Å²) in [5.74, 6) is 0.638. The zero-order valence-corrected chi connectivity index (χ0v) is 21.7. The fraction of sp³-hybridized carbons (Fsp3) is 0.714. The average molecular weight is 483 g/mol. The molecular formula is C28H42N4O3. The van der Waals surface area contributed by atoms with E-state index >= 15 is 0 Å². The lowest BCUT2D eigenvalue weighted by atomic mass is 9.86. The number of likely N-dealkylation sites (tertiary alicyclic amines) is 1. The van der Waals surface area contributed by atoms with Crippen molar-refractivity contribution >= 4 is 22.9 Å². The molecule has 2 fully saturated rings. The number of nitrogens with one attached hydrogen (secondary N) is 1. The Kier molecular flexibility index (Phi) is 6.97. The van der Waals surface area contributed by atoms with Gasteiger partial charge in [-0.15, -0.1) is 0 Å². The van der Waals surface area contributed by atoms with Gasteiger partial charge in [0.15, 0.2) is 5.58 Å². The summed E-state index contributed by atoms with van der Waals surface area (Å²) in [4.78, 5) is 32.1. The Bertz CT molecular complexity index is 1050. The SMILES string of the molecule is CCC1CCCCN1CCCN1C(=O)c2cc3occc3n2CC1(C)C(=O)NC1CCC(C)CC1. The van der Waals surface area contributed by atoms with Crippen molar-refractivity contribution in [3.8, 4) is 0 Å². The zero-order valence-electron chi connectivity index (χ0n) is 21.7. The summed E-state index contributed by atoms with van der Waals surface area (Å²) in [5, 5.41) is 3.34. The summed E-state index contributed by atoms with van der Waals surface area (Å²) < 4.78 is 7.58. The smallest absolute Gasteiger partial charge is 0.271 e. The fourth-order valence-corrected chi connectivity index (χ4v) is 6.62. The monoisotopic (exact) mass is 482 g/mol. The van der Waals surface area contributed by atoms with E-state index in [0.29, 0.717) is 30.4 Å². The molecule has 0 bridgehead atoms. The molecule has 0 radical (unpaired) electrons. The maximum Gasteiger partial charge on any atom is 0.271 e. The van der Waals surface area contributed by atoms with Crippen LogP contribution in [-0.2, 0) is 11.3 Å². The highest BCUT2D eigenvalue weighted by Crippen LogP contribution is 2.34. The average Bonchev–Trinajstić information content (AvgIpc) is 3.45. The second-order valence-electron chi connectivity index (χ2n) is 11.4. The van der Waals surface area contributed by atoms with E-state index in [0.717, 1.165) is 56.6 Å². The molecule has 1 saturated heterocycles. The van der Waals surface area contributed by atoms with Gasteiger partial charge in [-0.3, -0.25) is 9.59 Å². The van der Waals surface area contributed by atoms with Crippen LogP contribution in [0.5, 0.6) is 0 Å². The highest BCUT2D eigenvalue weighted by atomic mass is 16.3. The molecule has 2 atom stereocenters. The summed E-state index contributed by atoms with van der Waals surface area (Å²) in [6, 6.07) is 4.58. The minimum absolute atomic E-state index is 0.0224. The van der Waals surface area contributed by atoms with Crippen molar-refractivity contribution in [3.63, 3.8) is 0 Å². The van der Waals surface area contributed by atoms with E-state index in [2.05, 4.69) is 24.1 Å². The number of furan rings is 1. The standard InChI is InChI=1S/C28H42N4O3/c1-4-22-8-5-6-14-30(22)15-7-16-32-26(33)24-18-25-23(13-17-35-25)31(24)19-28(32,3)27(34)29-21-11-9-20(2)10-12-21/h13,17-18,20-22H,4-12,14-16,19H2,1-3H3,(H,29,34). The molecule has 35 heavy (non-hydrogen) atoms. The van der Waals surface area contributed by atoms with Gasteiger partial charge < -0.3 is 24.1 Å². The number of nitrogens with zero attached hydrogens (tertiary/aromatic N) is 3. The molecule has 7 heteroatoms. The summed E-state index contributed by atoms with van der Waals surface area (Å²) in [5.41, 5.74) is 1.29. The largest absolute Gasteiger partial charge is 0.463 e. The van der Waals surface area contributed by atoms with Crippen LogP contribution >= 0.6 is 0 Å². The Morgan fingerprint density at radius 2 is 1.97 bits per heavy atom. The molecule has 7 nitrogen and oxygen atoms in total. The Balaban J connectivity index is 1.36. The van der Waals surface area contributed by atoms with Crippen LogP contribution in [0, 0.1) is 5.92 Å². The quantitative estimate of drug-likeness (QED) is 0.616. The highest BCUT2D eigenvalue weighted by molar-refractivity contribution is 6.02. The molecule has 2 aromatic rings. The number of carbonyl (C=O) groups excluding carboxylic acids is 2. The highest BCUT2D eigenvalue weighted by Gasteiger charge is 2.48. The van der Waals surface area contributed by atoms with Gasteiger partial charge in [0.05, 0.1) is 18.3 Å². The van der Waals surface area contributed by atoms with Gasteiger partial charge >= 0.3 is 0 Å². The molecular weight excluding hydrogens is 440 g/mol. The molecule has 2 amide bonds. The fourth-order valence-electron chi connectivity index (χ4n) is 6.62. The number of hydrogen-bond acceptors (Lipinski definition) is 4. The second-order valence-corrected chi connectivity index (χ2v) is 11.4. The van der Waals surface area contributed by atoms with Gasteiger partial charge in [0.1, 0.15) is 11.2 Å². The van der Waals surface area contributed by atoms with Crippen LogP contribution in [0.15, 0.2) is 22.8 Å². The maximum absolute atomic E-state index is 13.8. The van der Waals surface area contributed by atoms with E-state index in [9.17, 15) is 9.59 Å². The van der Waals surface area contributed by atoms with Crippen molar-refractivity contribution in [2.24, 2.45) is 5.92 Å². The van der Waals surface area contributed by atoms with Gasteiger partial charge in [0.2, 0.25) is 5.91 Å². The lowest BCUT2D eigenvalue weighted by Gasteiger charge is -2.45. The van der Waals surface area contributed by atoms with E-state index in [1.165, 1.54) is 25.7 Å². The second kappa shape index (κ2) is 10.00. The topological polar surface area (TPSA) is 70.7 Å². The van der Waals surface area contributed by atoms with Crippen molar-refractivity contribution < 1.29 is 14.0 Å². The van der Waals surface area contributed by atoms with E-state index < -0.39 is 5.54 Å². The molecule has 5 rings (SSSR count). The predicted octanol–water partition coefficient (Wildman–Crippen LogP) is 4.80. The first-order valence-corrected chi connectivity index (χ1v) is 13.8. The van der Waals surface area contributed by atoms with Gasteiger partial charge in [-0.05, 0) is 70.8 Å². The van der Waals surface area contributed by atoms with Gasteiger partial charge in [0, 0.05) is 37.3 Å². The number of fused-ring (bicyclic) bond motifs is 3. The summed E-state index contributed by atoms with van der Waals surface area (Å²) in [6.07, 6.45) is 11.9. The molecule has 1 aliphatic carbocycles. The summed E-state index contributed by atoms with van der Waals surface area (Å²) in [6.45, 7) is 9.67. The van der Waals surface area contributed by atoms with Crippen LogP contribution in [0.1, 0.15) is 89.0 Å². The van der Waals surface area contributed by atoms with Crippen LogP contribution < -0.4 is 5.32 Å². The third kappa shape index (κ3) is 4.64. The van der Waals surface area contributed by atoms with Crippen molar-refractivity contribution in [3.05, 3.63) is 24.1 Å². The first kappa shape index (κ1) is 24.4. The predicted molar refractivity (Wildman–Crippen MR) is 137 cm³/mol. The van der Waals surface area contributed by atoms with E-state index in [-0.39, 0.29) is 17.9 Å². The Hall–Kier alpha value is -2.28. The van der Waals surface area contributed by atoms with Crippen LogP contribution in [0.25, 0.3) is 11.1 Å². The molecule has 192 valence electrons. The molecule has 1 N–H and O–H groups in total. The minimum atomic E-state index is -0.928. The van der Waals surface area contributed by atoms with Crippen molar-refractivity contribution in [1.29, 1.82) is 0 Å². The summed E-state index contributed by atoms with van der Waals surface area (Å²) >= 11 is 0. The molecule has 2 aromatic heterocycles. The van der Waals surface area contributed by atoms with Gasteiger partial charge in [0.25, 0.3) is 5.91 Å². The first-order chi connectivity index (χ1) is 16.9. The van der Waals surface area contributed by atoms with E-state index in [1.807, 2.05) is 28.5 Å². The lowest BCUT2D eigenvalue weighted by Crippen LogP contribution is -2.65. The van der Waals surface area contributed by atoms with Crippen LogP contribution in [0.4, 0.5) is 0 Å². The van der Waals surface area contributed by atoms with Crippen molar-refractivity contribution in [2.45, 2.75) is 103 Å². The number of rotatable bonds is 7. The molecule has 0 aromatic carbocycles. The Labute approximate surface area is 209 Å². The number of amides is 2. The normalized spacial score (nSPS) is 30.0.